The van der Waals surface area contributed by atoms with Gasteiger partial charge in [0.15, 0.2) is 11.7 Å². The molecule has 1 aliphatic heterocycles. The Labute approximate surface area is 203 Å². The van der Waals surface area contributed by atoms with Crippen molar-refractivity contribution in [3.63, 3.8) is 0 Å². The molecule has 1 aromatic carbocycles. The van der Waals surface area contributed by atoms with Crippen molar-refractivity contribution in [1.82, 2.24) is 20.2 Å². The first-order chi connectivity index (χ1) is 16.3. The van der Waals surface area contributed by atoms with Crippen molar-refractivity contribution in [1.29, 1.82) is 0 Å². The van der Waals surface area contributed by atoms with E-state index in [9.17, 15) is 9.59 Å². The molecule has 0 spiro atoms. The second kappa shape index (κ2) is 10.3. The number of nitrogens with one attached hydrogen (secondary N) is 1. The van der Waals surface area contributed by atoms with Gasteiger partial charge in [-0.1, -0.05) is 23.7 Å². The quantitative estimate of drug-likeness (QED) is 0.559. The van der Waals surface area contributed by atoms with Crippen LogP contribution in [0.1, 0.15) is 48.6 Å². The van der Waals surface area contributed by atoms with Gasteiger partial charge in [0.1, 0.15) is 17.5 Å². The molecule has 3 aromatic rings. The number of aryl methyl sites for hydroxylation is 1. The van der Waals surface area contributed by atoms with Crippen LogP contribution in [-0.2, 0) is 11.3 Å². The Balaban J connectivity index is 1.54. The number of carbonyl (C=O) groups excluding carboxylic acids is 2. The Bertz CT molecular complexity index is 1180. The monoisotopic (exact) mass is 482 g/mol. The van der Waals surface area contributed by atoms with E-state index in [-0.39, 0.29) is 29.7 Å². The van der Waals surface area contributed by atoms with E-state index in [4.69, 9.17) is 20.8 Å². The first-order valence-corrected chi connectivity index (χ1v) is 11.6. The van der Waals surface area contributed by atoms with E-state index in [0.29, 0.717) is 53.9 Å². The first kappa shape index (κ1) is 23.8. The number of hydrogen-bond acceptors (Lipinski definition) is 6. The fraction of sp³-hybridized carbons (Fsp3) is 0.360. The van der Waals surface area contributed by atoms with Crippen LogP contribution >= 0.6 is 11.6 Å². The number of rotatable bonds is 6. The van der Waals surface area contributed by atoms with Gasteiger partial charge in [-0.2, -0.15) is 0 Å². The van der Waals surface area contributed by atoms with Gasteiger partial charge in [0.2, 0.25) is 5.91 Å². The van der Waals surface area contributed by atoms with Gasteiger partial charge < -0.3 is 19.4 Å². The summed E-state index contributed by atoms with van der Waals surface area (Å²) in [7, 11) is 0. The summed E-state index contributed by atoms with van der Waals surface area (Å²) in [4.78, 5) is 35.0. The lowest BCUT2D eigenvalue weighted by Gasteiger charge is -2.37. The molecule has 1 fully saturated rings. The molecule has 0 radical (unpaired) electrons. The normalized spacial score (nSPS) is 17.9. The number of piperidine rings is 1. The zero-order chi connectivity index (χ0) is 24.2. The van der Waals surface area contributed by atoms with E-state index in [1.54, 1.807) is 44.4 Å². The molecule has 1 N–H and O–H groups in total. The molecule has 4 rings (SSSR count). The maximum Gasteiger partial charge on any atom is 0.270 e. The molecule has 1 aliphatic rings. The second-order valence-corrected chi connectivity index (χ2v) is 8.88. The van der Waals surface area contributed by atoms with Crippen molar-refractivity contribution in [2.24, 2.45) is 0 Å². The number of pyridine rings is 1. The maximum atomic E-state index is 12.8. The smallest absolute Gasteiger partial charge is 0.270 e. The van der Waals surface area contributed by atoms with Gasteiger partial charge >= 0.3 is 0 Å². The summed E-state index contributed by atoms with van der Waals surface area (Å²) in [6.45, 7) is 6.32. The Morgan fingerprint density at radius 2 is 2.00 bits per heavy atom. The van der Waals surface area contributed by atoms with Crippen LogP contribution in [0.5, 0.6) is 5.75 Å². The van der Waals surface area contributed by atoms with Crippen LogP contribution in [0.3, 0.4) is 0 Å². The fourth-order valence-electron chi connectivity index (χ4n) is 4.09. The lowest BCUT2D eigenvalue weighted by Crippen LogP contribution is -2.46. The summed E-state index contributed by atoms with van der Waals surface area (Å²) in [6, 6.07) is 8.96. The average molecular weight is 483 g/mol. The highest BCUT2D eigenvalue weighted by molar-refractivity contribution is 6.30. The summed E-state index contributed by atoms with van der Waals surface area (Å²) in [5, 5.41) is 3.51. The highest BCUT2D eigenvalue weighted by Crippen LogP contribution is 2.33. The van der Waals surface area contributed by atoms with Gasteiger partial charge in [-0.15, -0.1) is 0 Å². The Kier molecular flexibility index (Phi) is 7.17. The van der Waals surface area contributed by atoms with Gasteiger partial charge in [-0.3, -0.25) is 14.6 Å². The summed E-state index contributed by atoms with van der Waals surface area (Å²) >= 11 is 5.92. The van der Waals surface area contributed by atoms with Crippen molar-refractivity contribution in [2.75, 3.05) is 6.54 Å². The molecule has 0 saturated carbocycles. The van der Waals surface area contributed by atoms with Crippen LogP contribution in [0.15, 0.2) is 47.1 Å². The van der Waals surface area contributed by atoms with Crippen LogP contribution in [0, 0.1) is 6.92 Å². The van der Waals surface area contributed by atoms with E-state index >= 15 is 0 Å². The van der Waals surface area contributed by atoms with E-state index in [1.807, 2.05) is 24.0 Å². The molecule has 8 nitrogen and oxygen atoms in total. The Hall–Kier alpha value is -3.39. The molecule has 34 heavy (non-hydrogen) atoms. The number of carbonyl (C=O) groups is 2. The molecule has 9 heteroatoms. The van der Waals surface area contributed by atoms with E-state index in [2.05, 4.69) is 15.3 Å². The molecule has 2 amide bonds. The minimum Gasteiger partial charge on any atom is -0.489 e. The van der Waals surface area contributed by atoms with Crippen molar-refractivity contribution in [2.45, 2.75) is 52.3 Å². The van der Waals surface area contributed by atoms with Crippen LogP contribution < -0.4 is 10.1 Å². The maximum absolute atomic E-state index is 12.8. The predicted octanol–water partition coefficient (Wildman–Crippen LogP) is 4.41. The molecule has 0 aliphatic carbocycles. The number of ether oxygens (including phenoxy) is 1. The summed E-state index contributed by atoms with van der Waals surface area (Å²) in [5.41, 5.74) is 1.78. The molecular formula is C25H27ClN4O4. The van der Waals surface area contributed by atoms with Crippen molar-refractivity contribution < 1.29 is 18.7 Å². The summed E-state index contributed by atoms with van der Waals surface area (Å²) in [6.07, 6.45) is 4.45. The summed E-state index contributed by atoms with van der Waals surface area (Å²) < 4.78 is 12.0. The van der Waals surface area contributed by atoms with Gasteiger partial charge in [0.25, 0.3) is 5.91 Å². The standard InChI is InChI=1S/C25H27ClN4O4/c1-15-10-20(8-9-30(15)17(3)31)34-23-11-22(28-13-21(23)24-14-27-16(2)33-24)25(32)29-12-18-4-6-19(26)7-5-18/h4-7,11,13-15,20H,8-10,12H2,1-3H3,(H,29,32)/t15-,20-/m1/s1. The van der Waals surface area contributed by atoms with Gasteiger partial charge in [0, 0.05) is 63.1 Å². The SMILES string of the molecule is CC(=O)N1CC[C@@H](Oc2cc(C(=O)NCc3ccc(Cl)cc3)ncc2-c2cnc(C)o2)C[C@H]1C. The zero-order valence-corrected chi connectivity index (χ0v) is 20.1. The number of likely N-dealkylation sites (tertiary alicyclic amines) is 1. The number of amides is 2. The molecule has 2 aromatic heterocycles. The number of hydrogen-bond donors (Lipinski definition) is 1. The van der Waals surface area contributed by atoms with Gasteiger partial charge in [0.05, 0.1) is 11.8 Å². The van der Waals surface area contributed by atoms with Crippen molar-refractivity contribution in [3.8, 4) is 17.1 Å². The number of nitrogens with zero attached hydrogens (tertiary/aromatic N) is 3. The number of oxazole rings is 1. The highest BCUT2D eigenvalue weighted by Gasteiger charge is 2.29. The number of halogens is 1. The third kappa shape index (κ3) is 5.56. The molecule has 3 heterocycles. The highest BCUT2D eigenvalue weighted by atomic mass is 35.5. The molecular weight excluding hydrogens is 456 g/mol. The minimum atomic E-state index is -0.320. The number of benzene rings is 1. The molecule has 2 atom stereocenters. The predicted molar refractivity (Wildman–Crippen MR) is 128 cm³/mol. The second-order valence-electron chi connectivity index (χ2n) is 8.44. The lowest BCUT2D eigenvalue weighted by atomic mass is 10.0. The minimum absolute atomic E-state index is 0.0623. The van der Waals surface area contributed by atoms with Crippen LogP contribution in [0.25, 0.3) is 11.3 Å². The molecule has 1 saturated heterocycles. The van der Waals surface area contributed by atoms with Crippen molar-refractivity contribution in [3.05, 3.63) is 64.9 Å². The molecule has 0 unspecified atom stereocenters. The third-order valence-electron chi connectivity index (χ3n) is 5.88. The number of aromatic nitrogens is 2. The average Bonchev–Trinajstić information content (AvgIpc) is 3.24. The molecule has 178 valence electrons. The summed E-state index contributed by atoms with van der Waals surface area (Å²) in [5.74, 6) is 1.28. The van der Waals surface area contributed by atoms with Crippen LogP contribution in [-0.4, -0.2) is 45.4 Å². The third-order valence-corrected chi connectivity index (χ3v) is 6.13. The largest absolute Gasteiger partial charge is 0.489 e. The van der Waals surface area contributed by atoms with Crippen molar-refractivity contribution >= 4 is 23.4 Å². The van der Waals surface area contributed by atoms with Gasteiger partial charge in [-0.05, 0) is 24.6 Å². The van der Waals surface area contributed by atoms with E-state index in [1.165, 1.54) is 0 Å². The zero-order valence-electron chi connectivity index (χ0n) is 19.4. The Morgan fingerprint density at radius 3 is 2.65 bits per heavy atom. The van der Waals surface area contributed by atoms with E-state index in [0.717, 1.165) is 5.56 Å². The van der Waals surface area contributed by atoms with Crippen LogP contribution in [0.4, 0.5) is 0 Å². The molecule has 0 bridgehead atoms. The fourth-order valence-corrected chi connectivity index (χ4v) is 4.21. The van der Waals surface area contributed by atoms with Gasteiger partial charge in [-0.25, -0.2) is 4.98 Å². The topological polar surface area (TPSA) is 97.6 Å². The van der Waals surface area contributed by atoms with Crippen LogP contribution in [0.2, 0.25) is 5.02 Å². The lowest BCUT2D eigenvalue weighted by molar-refractivity contribution is -0.133. The van der Waals surface area contributed by atoms with E-state index < -0.39 is 0 Å². The first-order valence-electron chi connectivity index (χ1n) is 11.2. The Morgan fingerprint density at radius 1 is 1.24 bits per heavy atom.